The van der Waals surface area contributed by atoms with Crippen LogP contribution < -0.4 is 10.6 Å². The molecule has 1 aliphatic carbocycles. The molecule has 0 aromatic rings. The summed E-state index contributed by atoms with van der Waals surface area (Å²) >= 11 is 0. The van der Waals surface area contributed by atoms with E-state index in [4.69, 9.17) is 0 Å². The Labute approximate surface area is 85.1 Å². The van der Waals surface area contributed by atoms with Crippen LogP contribution in [0.15, 0.2) is 0 Å². The van der Waals surface area contributed by atoms with Crippen molar-refractivity contribution in [3.63, 3.8) is 0 Å². The lowest BCUT2D eigenvalue weighted by molar-refractivity contribution is -0.120. The van der Waals surface area contributed by atoms with Gasteiger partial charge in [-0.1, -0.05) is 0 Å². The summed E-state index contributed by atoms with van der Waals surface area (Å²) in [5.74, 6) is 0.577. The van der Waals surface area contributed by atoms with Crippen molar-refractivity contribution >= 4 is 5.91 Å². The molecule has 4 nitrogen and oxygen atoms in total. The minimum Gasteiger partial charge on any atom is -0.392 e. The van der Waals surface area contributed by atoms with Crippen molar-refractivity contribution in [1.82, 2.24) is 10.6 Å². The van der Waals surface area contributed by atoms with Gasteiger partial charge in [-0.3, -0.25) is 4.79 Å². The second-order valence-corrected chi connectivity index (χ2v) is 3.81. The van der Waals surface area contributed by atoms with Crippen molar-refractivity contribution in [1.29, 1.82) is 0 Å². The molecule has 0 spiro atoms. The molecule has 0 aromatic heterocycles. The maximum absolute atomic E-state index is 11.0. The standard InChI is InChI=1S/C10H20N2O2/c1-2-12-10(14)5-6-11-7-9(13)8-3-4-8/h8-9,11,13H,2-7H2,1H3,(H,12,14). The predicted octanol–water partition coefficient (Wildman–Crippen LogP) is -0.127. The van der Waals surface area contributed by atoms with Gasteiger partial charge in [-0.15, -0.1) is 0 Å². The first kappa shape index (κ1) is 11.5. The van der Waals surface area contributed by atoms with E-state index in [2.05, 4.69) is 10.6 Å². The fraction of sp³-hybridized carbons (Fsp3) is 0.900. The van der Waals surface area contributed by atoms with Gasteiger partial charge in [0.1, 0.15) is 0 Å². The molecule has 0 bridgehead atoms. The third kappa shape index (κ3) is 4.58. The van der Waals surface area contributed by atoms with Gasteiger partial charge in [0.2, 0.25) is 5.91 Å². The molecule has 1 amide bonds. The van der Waals surface area contributed by atoms with Crippen molar-refractivity contribution in [3.05, 3.63) is 0 Å². The van der Waals surface area contributed by atoms with E-state index in [9.17, 15) is 9.90 Å². The maximum atomic E-state index is 11.0. The zero-order chi connectivity index (χ0) is 10.4. The lowest BCUT2D eigenvalue weighted by atomic mass is 10.2. The van der Waals surface area contributed by atoms with E-state index >= 15 is 0 Å². The van der Waals surface area contributed by atoms with Crippen molar-refractivity contribution < 1.29 is 9.90 Å². The molecule has 0 heterocycles. The summed E-state index contributed by atoms with van der Waals surface area (Å²) in [6.07, 6.45) is 2.58. The van der Waals surface area contributed by atoms with Crippen LogP contribution in [-0.2, 0) is 4.79 Å². The Morgan fingerprint density at radius 3 is 2.86 bits per heavy atom. The smallest absolute Gasteiger partial charge is 0.221 e. The number of aliphatic hydroxyl groups excluding tert-OH is 1. The number of nitrogens with one attached hydrogen (secondary N) is 2. The molecule has 1 aliphatic rings. The maximum Gasteiger partial charge on any atom is 0.221 e. The zero-order valence-electron chi connectivity index (χ0n) is 8.75. The Kier molecular flexibility index (Phi) is 4.90. The van der Waals surface area contributed by atoms with E-state index in [-0.39, 0.29) is 12.0 Å². The van der Waals surface area contributed by atoms with Crippen LogP contribution in [0.5, 0.6) is 0 Å². The molecule has 1 rings (SSSR count). The average molecular weight is 200 g/mol. The highest BCUT2D eigenvalue weighted by atomic mass is 16.3. The topological polar surface area (TPSA) is 61.4 Å². The molecule has 0 aliphatic heterocycles. The molecular weight excluding hydrogens is 180 g/mol. The van der Waals surface area contributed by atoms with Crippen LogP contribution in [0.2, 0.25) is 0 Å². The van der Waals surface area contributed by atoms with Gasteiger partial charge < -0.3 is 15.7 Å². The van der Waals surface area contributed by atoms with Crippen molar-refractivity contribution in [3.8, 4) is 0 Å². The molecule has 3 N–H and O–H groups in total. The number of rotatable bonds is 7. The molecule has 0 saturated heterocycles. The van der Waals surface area contributed by atoms with Crippen LogP contribution in [0.4, 0.5) is 0 Å². The van der Waals surface area contributed by atoms with Crippen LogP contribution in [0.1, 0.15) is 26.2 Å². The molecule has 82 valence electrons. The number of carbonyl (C=O) groups excluding carboxylic acids is 1. The molecular formula is C10H20N2O2. The minimum absolute atomic E-state index is 0.0703. The van der Waals surface area contributed by atoms with E-state index in [1.165, 1.54) is 0 Å². The molecule has 1 unspecified atom stereocenters. The van der Waals surface area contributed by atoms with Gasteiger partial charge >= 0.3 is 0 Å². The second kappa shape index (κ2) is 5.98. The van der Waals surface area contributed by atoms with Crippen LogP contribution >= 0.6 is 0 Å². The molecule has 1 atom stereocenters. The molecule has 1 fully saturated rings. The van der Waals surface area contributed by atoms with Crippen LogP contribution in [0.3, 0.4) is 0 Å². The van der Waals surface area contributed by atoms with E-state index in [1.807, 2.05) is 6.92 Å². The highest BCUT2D eigenvalue weighted by molar-refractivity contribution is 5.75. The second-order valence-electron chi connectivity index (χ2n) is 3.81. The van der Waals surface area contributed by atoms with Gasteiger partial charge in [0.05, 0.1) is 6.10 Å². The summed E-state index contributed by atoms with van der Waals surface area (Å²) in [5, 5.41) is 15.3. The Morgan fingerprint density at radius 2 is 2.29 bits per heavy atom. The van der Waals surface area contributed by atoms with E-state index in [0.29, 0.717) is 32.0 Å². The lowest BCUT2D eigenvalue weighted by Gasteiger charge is -2.10. The Morgan fingerprint density at radius 1 is 1.57 bits per heavy atom. The van der Waals surface area contributed by atoms with Crippen molar-refractivity contribution in [2.75, 3.05) is 19.6 Å². The summed E-state index contributed by atoms with van der Waals surface area (Å²) in [7, 11) is 0. The van der Waals surface area contributed by atoms with E-state index < -0.39 is 0 Å². The molecule has 4 heteroatoms. The Hall–Kier alpha value is -0.610. The lowest BCUT2D eigenvalue weighted by Crippen LogP contribution is -2.32. The third-order valence-electron chi connectivity index (χ3n) is 2.42. The van der Waals surface area contributed by atoms with E-state index in [1.54, 1.807) is 0 Å². The normalized spacial score (nSPS) is 17.9. The van der Waals surface area contributed by atoms with E-state index in [0.717, 1.165) is 12.8 Å². The summed E-state index contributed by atoms with van der Waals surface area (Å²) < 4.78 is 0. The van der Waals surface area contributed by atoms with Gasteiger partial charge in [0.25, 0.3) is 0 Å². The quantitative estimate of drug-likeness (QED) is 0.502. The SMILES string of the molecule is CCNC(=O)CCNCC(O)C1CC1. The largest absolute Gasteiger partial charge is 0.392 e. The summed E-state index contributed by atoms with van der Waals surface area (Å²) in [6, 6.07) is 0. The average Bonchev–Trinajstić information content (AvgIpc) is 2.95. The predicted molar refractivity (Wildman–Crippen MR) is 54.9 cm³/mol. The highest BCUT2D eigenvalue weighted by Crippen LogP contribution is 2.32. The third-order valence-corrected chi connectivity index (χ3v) is 2.42. The number of amides is 1. The summed E-state index contributed by atoms with van der Waals surface area (Å²) in [6.45, 7) is 3.85. The molecule has 0 aromatic carbocycles. The fourth-order valence-electron chi connectivity index (χ4n) is 1.39. The highest BCUT2D eigenvalue weighted by Gasteiger charge is 2.28. The first-order valence-corrected chi connectivity index (χ1v) is 5.39. The number of aliphatic hydroxyl groups is 1. The van der Waals surface area contributed by atoms with Gasteiger partial charge in [-0.25, -0.2) is 0 Å². The first-order chi connectivity index (χ1) is 6.74. The molecule has 0 radical (unpaired) electrons. The minimum atomic E-state index is -0.218. The van der Waals surface area contributed by atoms with Gasteiger partial charge in [-0.05, 0) is 25.7 Å². The monoisotopic (exact) mass is 200 g/mol. The summed E-state index contributed by atoms with van der Waals surface area (Å²) in [4.78, 5) is 11.0. The first-order valence-electron chi connectivity index (χ1n) is 5.39. The van der Waals surface area contributed by atoms with Crippen LogP contribution in [0, 0.1) is 5.92 Å². The summed E-state index contributed by atoms with van der Waals surface area (Å²) in [5.41, 5.74) is 0. The van der Waals surface area contributed by atoms with Gasteiger partial charge in [-0.2, -0.15) is 0 Å². The number of hydrogen-bond donors (Lipinski definition) is 3. The van der Waals surface area contributed by atoms with Gasteiger partial charge in [0, 0.05) is 26.1 Å². The van der Waals surface area contributed by atoms with Gasteiger partial charge in [0.15, 0.2) is 0 Å². The number of hydrogen-bond acceptors (Lipinski definition) is 3. The van der Waals surface area contributed by atoms with Crippen molar-refractivity contribution in [2.24, 2.45) is 5.92 Å². The Balaban J connectivity index is 1.90. The molecule has 14 heavy (non-hydrogen) atoms. The van der Waals surface area contributed by atoms with Crippen LogP contribution in [-0.4, -0.2) is 36.8 Å². The Bertz CT molecular complexity index is 181. The molecule has 1 saturated carbocycles. The van der Waals surface area contributed by atoms with Crippen LogP contribution in [0.25, 0.3) is 0 Å². The fourth-order valence-corrected chi connectivity index (χ4v) is 1.39. The zero-order valence-corrected chi connectivity index (χ0v) is 8.75. The number of carbonyl (C=O) groups is 1. The van der Waals surface area contributed by atoms with Crippen molar-refractivity contribution in [2.45, 2.75) is 32.3 Å².